The standard InChI is InChI=1S/C21H23N3O3S4/c1-14-13-30-20(22-14)18-9-12-29-21(18)23-19(25)15-7-10-24(11-8-15)31(26,27)17-5-3-16(28-2)4-6-17/h3-6,9,12-13,15H,7-8,10-11H2,1-2H3,(H,23,25). The molecule has 0 unspecified atom stereocenters. The third-order valence-corrected chi connectivity index (χ3v) is 9.75. The lowest BCUT2D eigenvalue weighted by Crippen LogP contribution is -2.41. The predicted octanol–water partition coefficient (Wildman–Crippen LogP) is 4.94. The Hall–Kier alpha value is -1.72. The number of hydrogen-bond donors (Lipinski definition) is 1. The zero-order valence-electron chi connectivity index (χ0n) is 17.2. The maximum atomic E-state index is 12.9. The molecule has 1 N–H and O–H groups in total. The molecular weight excluding hydrogens is 471 g/mol. The van der Waals surface area contributed by atoms with Gasteiger partial charge in [0.2, 0.25) is 15.9 Å². The van der Waals surface area contributed by atoms with E-state index in [1.165, 1.54) is 15.6 Å². The van der Waals surface area contributed by atoms with Crippen LogP contribution in [-0.4, -0.2) is 43.0 Å². The van der Waals surface area contributed by atoms with Gasteiger partial charge in [0.05, 0.1) is 4.90 Å². The molecule has 0 bridgehead atoms. The van der Waals surface area contributed by atoms with Gasteiger partial charge in [0.25, 0.3) is 0 Å². The summed E-state index contributed by atoms with van der Waals surface area (Å²) in [4.78, 5) is 18.7. The van der Waals surface area contributed by atoms with Gasteiger partial charge in [0, 0.05) is 40.5 Å². The lowest BCUT2D eigenvalue weighted by molar-refractivity contribution is -0.120. The fraction of sp³-hybridized carbons (Fsp3) is 0.333. The Bertz CT molecular complexity index is 1160. The molecule has 31 heavy (non-hydrogen) atoms. The van der Waals surface area contributed by atoms with Gasteiger partial charge in [-0.05, 0) is 61.7 Å². The molecule has 3 aromatic rings. The first-order valence-corrected chi connectivity index (χ1v) is 14.3. The molecule has 1 aliphatic heterocycles. The number of aryl methyl sites for hydroxylation is 1. The Balaban J connectivity index is 1.39. The van der Waals surface area contributed by atoms with Crippen LogP contribution in [0.1, 0.15) is 18.5 Å². The highest BCUT2D eigenvalue weighted by Gasteiger charge is 2.32. The monoisotopic (exact) mass is 493 g/mol. The second-order valence-electron chi connectivity index (χ2n) is 7.30. The zero-order chi connectivity index (χ0) is 22.0. The largest absolute Gasteiger partial charge is 0.317 e. The van der Waals surface area contributed by atoms with Gasteiger partial charge in [0.1, 0.15) is 10.0 Å². The molecule has 164 valence electrons. The summed E-state index contributed by atoms with van der Waals surface area (Å²) in [6.07, 6.45) is 2.96. The van der Waals surface area contributed by atoms with Crippen LogP contribution in [0.15, 0.2) is 50.9 Å². The fourth-order valence-electron chi connectivity index (χ4n) is 3.52. The summed E-state index contributed by atoms with van der Waals surface area (Å²) in [7, 11) is -3.54. The van der Waals surface area contributed by atoms with Crippen LogP contribution in [-0.2, 0) is 14.8 Å². The number of thiazole rings is 1. The number of thioether (sulfide) groups is 1. The van der Waals surface area contributed by atoms with Crippen molar-refractivity contribution in [2.24, 2.45) is 5.92 Å². The van der Waals surface area contributed by atoms with Gasteiger partial charge in [-0.2, -0.15) is 4.31 Å². The van der Waals surface area contributed by atoms with Crippen LogP contribution in [0.5, 0.6) is 0 Å². The normalized spacial score (nSPS) is 15.8. The number of anilines is 1. The molecule has 1 aliphatic rings. The van der Waals surface area contributed by atoms with Crippen molar-refractivity contribution in [2.45, 2.75) is 29.6 Å². The smallest absolute Gasteiger partial charge is 0.243 e. The second kappa shape index (κ2) is 9.41. The number of rotatable bonds is 6. The molecular formula is C21H23N3O3S4. The number of piperidine rings is 1. The van der Waals surface area contributed by atoms with Crippen LogP contribution in [0.4, 0.5) is 5.00 Å². The maximum absolute atomic E-state index is 12.9. The molecule has 4 rings (SSSR count). The number of amides is 1. The molecule has 0 saturated carbocycles. The van der Waals surface area contributed by atoms with Crippen LogP contribution >= 0.6 is 34.4 Å². The van der Waals surface area contributed by atoms with Crippen LogP contribution in [0.2, 0.25) is 0 Å². The molecule has 1 amide bonds. The highest BCUT2D eigenvalue weighted by molar-refractivity contribution is 7.98. The predicted molar refractivity (Wildman–Crippen MR) is 128 cm³/mol. The van der Waals surface area contributed by atoms with Crippen LogP contribution in [0.25, 0.3) is 10.6 Å². The van der Waals surface area contributed by atoms with Gasteiger partial charge < -0.3 is 5.32 Å². The first-order valence-electron chi connectivity index (χ1n) is 9.83. The molecule has 3 heterocycles. The average Bonchev–Trinajstić information content (AvgIpc) is 3.42. The minimum Gasteiger partial charge on any atom is -0.317 e. The van der Waals surface area contributed by atoms with E-state index in [2.05, 4.69) is 10.3 Å². The third-order valence-electron chi connectivity index (χ3n) is 5.27. The maximum Gasteiger partial charge on any atom is 0.243 e. The summed E-state index contributed by atoms with van der Waals surface area (Å²) in [5, 5.41) is 8.66. The van der Waals surface area contributed by atoms with E-state index in [0.29, 0.717) is 30.8 Å². The second-order valence-corrected chi connectivity index (χ2v) is 11.9. The molecule has 10 heteroatoms. The minimum atomic E-state index is -3.54. The highest BCUT2D eigenvalue weighted by atomic mass is 32.2. The molecule has 1 aromatic carbocycles. The third kappa shape index (κ3) is 4.88. The summed E-state index contributed by atoms with van der Waals surface area (Å²) in [5.41, 5.74) is 1.89. The summed E-state index contributed by atoms with van der Waals surface area (Å²) in [6.45, 7) is 2.63. The van der Waals surface area contributed by atoms with Crippen molar-refractivity contribution in [3.8, 4) is 10.6 Å². The Labute approximate surface area is 194 Å². The fourth-order valence-corrected chi connectivity index (χ4v) is 7.08. The lowest BCUT2D eigenvalue weighted by atomic mass is 9.97. The topological polar surface area (TPSA) is 79.4 Å². The van der Waals surface area contributed by atoms with Crippen molar-refractivity contribution in [3.05, 3.63) is 46.8 Å². The quantitative estimate of drug-likeness (QED) is 0.492. The van der Waals surface area contributed by atoms with E-state index in [1.54, 1.807) is 35.2 Å². The van der Waals surface area contributed by atoms with Gasteiger partial charge in [-0.1, -0.05) is 0 Å². The SMILES string of the molecule is CSc1ccc(S(=O)(=O)N2CCC(C(=O)Nc3sccc3-c3nc(C)cs3)CC2)cc1. The number of nitrogens with zero attached hydrogens (tertiary/aromatic N) is 2. The number of hydrogen-bond acceptors (Lipinski definition) is 7. The molecule has 1 saturated heterocycles. The molecule has 0 radical (unpaired) electrons. The van der Waals surface area contributed by atoms with E-state index < -0.39 is 10.0 Å². The Morgan fingerprint density at radius 3 is 2.48 bits per heavy atom. The Kier molecular flexibility index (Phi) is 6.83. The summed E-state index contributed by atoms with van der Waals surface area (Å²) in [5.74, 6) is -0.267. The molecule has 1 fully saturated rings. The van der Waals surface area contributed by atoms with Gasteiger partial charge >= 0.3 is 0 Å². The number of benzene rings is 1. The number of thiophene rings is 1. The van der Waals surface area contributed by atoms with Crippen molar-refractivity contribution in [1.29, 1.82) is 0 Å². The van der Waals surface area contributed by atoms with Gasteiger partial charge in [-0.25, -0.2) is 13.4 Å². The zero-order valence-corrected chi connectivity index (χ0v) is 20.5. The van der Waals surface area contributed by atoms with Crippen molar-refractivity contribution < 1.29 is 13.2 Å². The van der Waals surface area contributed by atoms with E-state index in [9.17, 15) is 13.2 Å². The van der Waals surface area contributed by atoms with Crippen LogP contribution in [0, 0.1) is 12.8 Å². The molecule has 2 aromatic heterocycles. The minimum absolute atomic E-state index is 0.0571. The van der Waals surface area contributed by atoms with Crippen molar-refractivity contribution in [2.75, 3.05) is 24.7 Å². The molecule has 6 nitrogen and oxygen atoms in total. The molecule has 0 aliphatic carbocycles. The summed E-state index contributed by atoms with van der Waals surface area (Å²) in [6, 6.07) is 8.91. The first-order chi connectivity index (χ1) is 14.9. The number of carbonyl (C=O) groups excluding carboxylic acids is 1. The average molecular weight is 494 g/mol. The van der Waals surface area contributed by atoms with Crippen molar-refractivity contribution in [1.82, 2.24) is 9.29 Å². The number of aromatic nitrogens is 1. The van der Waals surface area contributed by atoms with E-state index in [4.69, 9.17) is 0 Å². The lowest BCUT2D eigenvalue weighted by Gasteiger charge is -2.30. The van der Waals surface area contributed by atoms with Gasteiger partial charge in [-0.3, -0.25) is 4.79 Å². The highest BCUT2D eigenvalue weighted by Crippen LogP contribution is 2.36. The number of carbonyl (C=O) groups is 1. The van der Waals surface area contributed by atoms with E-state index in [1.807, 2.05) is 42.1 Å². The van der Waals surface area contributed by atoms with Crippen LogP contribution in [0.3, 0.4) is 0 Å². The van der Waals surface area contributed by atoms with Gasteiger partial charge in [0.15, 0.2) is 0 Å². The summed E-state index contributed by atoms with van der Waals surface area (Å²) >= 11 is 4.61. The molecule has 0 spiro atoms. The van der Waals surface area contributed by atoms with E-state index in [-0.39, 0.29) is 11.8 Å². The van der Waals surface area contributed by atoms with E-state index >= 15 is 0 Å². The Morgan fingerprint density at radius 2 is 1.87 bits per heavy atom. The van der Waals surface area contributed by atoms with Crippen molar-refractivity contribution in [3.63, 3.8) is 0 Å². The number of nitrogens with one attached hydrogen (secondary N) is 1. The van der Waals surface area contributed by atoms with Crippen LogP contribution < -0.4 is 5.32 Å². The Morgan fingerprint density at radius 1 is 1.16 bits per heavy atom. The molecule has 0 atom stereocenters. The first kappa shape index (κ1) is 22.5. The summed E-state index contributed by atoms with van der Waals surface area (Å²) < 4.78 is 27.4. The van der Waals surface area contributed by atoms with Gasteiger partial charge in [-0.15, -0.1) is 34.4 Å². The van der Waals surface area contributed by atoms with E-state index in [0.717, 1.165) is 26.2 Å². The van der Waals surface area contributed by atoms with Crippen molar-refractivity contribution >= 4 is 55.4 Å². The number of sulfonamides is 1.